The minimum absolute atomic E-state index is 0.164. The lowest BCUT2D eigenvalue weighted by atomic mass is 9.88. The van der Waals surface area contributed by atoms with Crippen molar-refractivity contribution in [2.75, 3.05) is 0 Å². The Morgan fingerprint density at radius 3 is 2.72 bits per heavy atom. The predicted molar refractivity (Wildman–Crippen MR) is 125 cm³/mol. The van der Waals surface area contributed by atoms with Gasteiger partial charge in [-0.1, -0.05) is 55.2 Å². The molecule has 1 unspecified atom stereocenters. The maximum Gasteiger partial charge on any atom is 0.0876 e. The largest absolute Gasteiger partial charge is 0.368 e. The van der Waals surface area contributed by atoms with E-state index in [4.69, 9.17) is 4.74 Å². The van der Waals surface area contributed by atoms with E-state index in [0.717, 1.165) is 12.8 Å². The first-order valence-electron chi connectivity index (χ1n) is 10.6. The SMILES string of the molecule is C=C/C=c1\c(=C/CC=C)c2ccc(C3=CCC(C)(OC4CCC4)C=C3)cc2n1C. The Balaban J connectivity index is 1.70. The van der Waals surface area contributed by atoms with Crippen molar-refractivity contribution in [2.24, 2.45) is 7.05 Å². The molecule has 2 nitrogen and oxygen atoms in total. The molecule has 1 atom stereocenters. The number of rotatable bonds is 6. The fraction of sp³-hybridized carbons (Fsp3) is 0.333. The van der Waals surface area contributed by atoms with Crippen LogP contribution >= 0.6 is 0 Å². The quantitative estimate of drug-likeness (QED) is 0.626. The van der Waals surface area contributed by atoms with Gasteiger partial charge in [0, 0.05) is 28.5 Å². The molecule has 0 aliphatic heterocycles. The van der Waals surface area contributed by atoms with E-state index in [1.165, 1.54) is 51.9 Å². The highest BCUT2D eigenvalue weighted by Crippen LogP contribution is 2.34. The van der Waals surface area contributed by atoms with Gasteiger partial charge in [-0.15, -0.1) is 6.58 Å². The van der Waals surface area contributed by atoms with Crippen molar-refractivity contribution in [1.29, 1.82) is 0 Å². The van der Waals surface area contributed by atoms with Crippen LogP contribution in [0.5, 0.6) is 0 Å². The number of hydrogen-bond donors (Lipinski definition) is 0. The first-order chi connectivity index (χ1) is 14.0. The van der Waals surface area contributed by atoms with Crippen LogP contribution in [0.25, 0.3) is 28.6 Å². The topological polar surface area (TPSA) is 14.2 Å². The lowest BCUT2D eigenvalue weighted by molar-refractivity contribution is -0.0841. The van der Waals surface area contributed by atoms with Crippen molar-refractivity contribution < 1.29 is 4.74 Å². The lowest BCUT2D eigenvalue weighted by Gasteiger charge is -2.37. The molecule has 150 valence electrons. The molecule has 2 aliphatic rings. The molecule has 2 heteroatoms. The van der Waals surface area contributed by atoms with Crippen molar-refractivity contribution in [1.82, 2.24) is 4.57 Å². The Morgan fingerprint density at radius 1 is 1.28 bits per heavy atom. The van der Waals surface area contributed by atoms with Crippen LogP contribution in [-0.2, 0) is 11.8 Å². The van der Waals surface area contributed by atoms with Crippen LogP contribution in [0.1, 0.15) is 44.6 Å². The lowest BCUT2D eigenvalue weighted by Crippen LogP contribution is -2.35. The molecule has 1 aromatic carbocycles. The van der Waals surface area contributed by atoms with Gasteiger partial charge in [0.1, 0.15) is 0 Å². The first kappa shape index (κ1) is 19.7. The van der Waals surface area contributed by atoms with Crippen LogP contribution in [0.4, 0.5) is 0 Å². The van der Waals surface area contributed by atoms with Gasteiger partial charge in [0.05, 0.1) is 11.7 Å². The summed E-state index contributed by atoms with van der Waals surface area (Å²) in [5.41, 5.74) is 3.59. The average molecular weight is 386 g/mol. The zero-order valence-corrected chi connectivity index (χ0v) is 17.7. The van der Waals surface area contributed by atoms with E-state index in [-0.39, 0.29) is 5.60 Å². The number of aromatic nitrogens is 1. The van der Waals surface area contributed by atoms with Crippen molar-refractivity contribution in [3.05, 3.63) is 77.9 Å². The summed E-state index contributed by atoms with van der Waals surface area (Å²) in [4.78, 5) is 0. The molecule has 1 heterocycles. The summed E-state index contributed by atoms with van der Waals surface area (Å²) < 4.78 is 8.57. The second-order valence-electron chi connectivity index (χ2n) is 8.40. The van der Waals surface area contributed by atoms with Gasteiger partial charge in [0.15, 0.2) is 0 Å². The summed E-state index contributed by atoms with van der Waals surface area (Å²) in [6, 6.07) is 6.77. The van der Waals surface area contributed by atoms with E-state index in [9.17, 15) is 0 Å². The third-order valence-corrected chi connectivity index (χ3v) is 6.22. The maximum atomic E-state index is 6.31. The van der Waals surface area contributed by atoms with Crippen molar-refractivity contribution in [2.45, 2.75) is 50.7 Å². The van der Waals surface area contributed by atoms with Gasteiger partial charge >= 0.3 is 0 Å². The molecule has 0 amide bonds. The molecule has 2 aliphatic carbocycles. The van der Waals surface area contributed by atoms with E-state index < -0.39 is 0 Å². The average Bonchev–Trinajstić information content (AvgIpc) is 2.95. The van der Waals surface area contributed by atoms with Gasteiger partial charge in [-0.05, 0) is 62.3 Å². The van der Waals surface area contributed by atoms with Crippen LogP contribution in [0.2, 0.25) is 0 Å². The number of fused-ring (bicyclic) bond motifs is 1. The number of benzene rings is 1. The zero-order valence-electron chi connectivity index (χ0n) is 17.7. The molecule has 29 heavy (non-hydrogen) atoms. The fourth-order valence-electron chi connectivity index (χ4n) is 4.28. The standard InChI is InChI=1S/C27H31NO/c1-5-7-12-23-24-14-13-21(19-26(24)28(4)25(23)9-6-2)20-15-17-27(3,18-16-20)29-22-10-8-11-22/h5-6,9,12-17,19,22H,1-2,7-8,10-11,18H2,3-4H3/b23-12-,25-9+. The van der Waals surface area contributed by atoms with Gasteiger partial charge in [-0.25, -0.2) is 0 Å². The van der Waals surface area contributed by atoms with Crippen molar-refractivity contribution >= 4 is 28.6 Å². The predicted octanol–water partition coefficient (Wildman–Crippen LogP) is 5.17. The molecule has 0 spiro atoms. The van der Waals surface area contributed by atoms with Gasteiger partial charge in [0.2, 0.25) is 0 Å². The summed E-state index contributed by atoms with van der Waals surface area (Å²) >= 11 is 0. The summed E-state index contributed by atoms with van der Waals surface area (Å²) in [5.74, 6) is 0. The number of nitrogens with zero attached hydrogens (tertiary/aromatic N) is 1. The van der Waals surface area contributed by atoms with Crippen LogP contribution in [0.15, 0.2) is 61.7 Å². The normalized spacial score (nSPS) is 23.3. The molecule has 1 fully saturated rings. The Hall–Kier alpha value is -2.58. The van der Waals surface area contributed by atoms with Crippen molar-refractivity contribution in [3.63, 3.8) is 0 Å². The highest BCUT2D eigenvalue weighted by molar-refractivity contribution is 5.88. The second-order valence-corrected chi connectivity index (χ2v) is 8.40. The molecule has 0 N–H and O–H groups in total. The minimum Gasteiger partial charge on any atom is -0.368 e. The van der Waals surface area contributed by atoms with E-state index >= 15 is 0 Å². The number of hydrogen-bond acceptors (Lipinski definition) is 1. The van der Waals surface area contributed by atoms with E-state index in [0.29, 0.717) is 6.10 Å². The smallest absolute Gasteiger partial charge is 0.0876 e. The Kier molecular flexibility index (Phi) is 5.47. The number of aryl methyl sites for hydroxylation is 1. The molecule has 0 bridgehead atoms. The Labute approximate surface area is 173 Å². The molecule has 0 radical (unpaired) electrons. The number of ether oxygens (including phenoxy) is 1. The highest BCUT2D eigenvalue weighted by atomic mass is 16.5. The molecule has 4 rings (SSSR count). The first-order valence-corrected chi connectivity index (χ1v) is 10.6. The van der Waals surface area contributed by atoms with Crippen LogP contribution in [0, 0.1) is 0 Å². The van der Waals surface area contributed by atoms with E-state index in [1.54, 1.807) is 0 Å². The summed E-state index contributed by atoms with van der Waals surface area (Å²) in [6.45, 7) is 9.95. The Bertz CT molecular complexity index is 1120. The van der Waals surface area contributed by atoms with Crippen LogP contribution < -0.4 is 10.6 Å². The molecular formula is C27H31NO. The maximum absolute atomic E-state index is 6.31. The monoisotopic (exact) mass is 385 g/mol. The Morgan fingerprint density at radius 2 is 2.10 bits per heavy atom. The summed E-state index contributed by atoms with van der Waals surface area (Å²) in [6.07, 6.45) is 20.9. The fourth-order valence-corrected chi connectivity index (χ4v) is 4.28. The van der Waals surface area contributed by atoms with Crippen molar-refractivity contribution in [3.8, 4) is 0 Å². The molecule has 2 aromatic rings. The van der Waals surface area contributed by atoms with Gasteiger partial charge in [0.25, 0.3) is 0 Å². The van der Waals surface area contributed by atoms with Gasteiger partial charge < -0.3 is 9.30 Å². The van der Waals surface area contributed by atoms with Gasteiger partial charge in [-0.2, -0.15) is 0 Å². The molecule has 1 saturated carbocycles. The summed E-state index contributed by atoms with van der Waals surface area (Å²) in [7, 11) is 2.13. The van der Waals surface area contributed by atoms with Crippen LogP contribution in [-0.4, -0.2) is 16.3 Å². The highest BCUT2D eigenvalue weighted by Gasteiger charge is 2.30. The molecule has 1 aromatic heterocycles. The third kappa shape index (κ3) is 3.82. The van der Waals surface area contributed by atoms with Gasteiger partial charge in [-0.3, -0.25) is 0 Å². The second kappa shape index (κ2) is 8.04. The third-order valence-electron chi connectivity index (χ3n) is 6.22. The van der Waals surface area contributed by atoms with Crippen LogP contribution in [0.3, 0.4) is 0 Å². The molecule has 0 saturated heterocycles. The van der Waals surface area contributed by atoms with E-state index in [2.05, 4.69) is 80.3 Å². The molecular weight excluding hydrogens is 354 g/mol. The minimum atomic E-state index is -0.164. The van der Waals surface area contributed by atoms with E-state index in [1.807, 2.05) is 12.2 Å². The number of allylic oxidation sites excluding steroid dienone is 4. The zero-order chi connectivity index (χ0) is 20.4. The summed E-state index contributed by atoms with van der Waals surface area (Å²) in [5, 5.41) is 3.71.